The smallest absolute Gasteiger partial charge is 0.328 e. The second kappa shape index (κ2) is 6.02. The zero-order valence-electron chi connectivity index (χ0n) is 10.8. The Morgan fingerprint density at radius 3 is 3.00 bits per heavy atom. The molecule has 0 saturated carbocycles. The van der Waals surface area contributed by atoms with Gasteiger partial charge in [0.2, 0.25) is 0 Å². The number of benzene rings is 1. The number of imidazole rings is 1. The molecule has 0 saturated heterocycles. The minimum Gasteiger partial charge on any atom is -0.467 e. The highest BCUT2D eigenvalue weighted by atomic mass is 79.9. The van der Waals surface area contributed by atoms with E-state index in [1.165, 1.54) is 7.11 Å². The van der Waals surface area contributed by atoms with Crippen LogP contribution < -0.4 is 0 Å². The molecule has 5 heteroatoms. The fourth-order valence-electron chi connectivity index (χ4n) is 1.95. The lowest BCUT2D eigenvalue weighted by atomic mass is 10.1. The summed E-state index contributed by atoms with van der Waals surface area (Å²) in [7, 11) is 1.39. The average molecular weight is 323 g/mol. The van der Waals surface area contributed by atoms with Crippen molar-refractivity contribution in [2.45, 2.75) is 19.4 Å². The Bertz CT molecular complexity index is 580. The van der Waals surface area contributed by atoms with Crippen LogP contribution >= 0.6 is 15.9 Å². The van der Waals surface area contributed by atoms with E-state index in [0.29, 0.717) is 6.42 Å². The molecule has 1 aromatic carbocycles. The maximum Gasteiger partial charge on any atom is 0.328 e. The average Bonchev–Trinajstić information content (AvgIpc) is 2.85. The molecule has 0 amide bonds. The van der Waals surface area contributed by atoms with Gasteiger partial charge in [-0.25, -0.2) is 9.78 Å². The Morgan fingerprint density at radius 1 is 1.53 bits per heavy atom. The number of methoxy groups -OCH3 is 1. The number of rotatable bonds is 4. The van der Waals surface area contributed by atoms with E-state index in [0.717, 1.165) is 15.9 Å². The van der Waals surface area contributed by atoms with Crippen LogP contribution in [0.5, 0.6) is 0 Å². The number of ether oxygens (including phenoxy) is 1. The topological polar surface area (TPSA) is 44.1 Å². The highest BCUT2D eigenvalue weighted by Crippen LogP contribution is 2.17. The molecule has 0 radical (unpaired) electrons. The van der Waals surface area contributed by atoms with Crippen molar-refractivity contribution in [2.24, 2.45) is 0 Å². The molecular formula is C14H15BrN2O2. The molecule has 100 valence electrons. The lowest BCUT2D eigenvalue weighted by Crippen LogP contribution is -2.19. The van der Waals surface area contributed by atoms with Crippen molar-refractivity contribution < 1.29 is 9.53 Å². The van der Waals surface area contributed by atoms with Crippen LogP contribution in [-0.4, -0.2) is 22.6 Å². The first-order chi connectivity index (χ1) is 9.11. The maximum absolute atomic E-state index is 11.6. The fourth-order valence-corrected chi connectivity index (χ4v) is 2.39. The molecule has 0 fully saturated rings. The van der Waals surface area contributed by atoms with E-state index < -0.39 is 0 Å². The van der Waals surface area contributed by atoms with Crippen LogP contribution in [0.4, 0.5) is 0 Å². The normalized spacial score (nSPS) is 12.2. The predicted molar refractivity (Wildman–Crippen MR) is 75.9 cm³/mol. The van der Waals surface area contributed by atoms with Crippen molar-refractivity contribution in [3.8, 4) is 0 Å². The minimum atomic E-state index is -0.366. The molecule has 0 aliphatic rings. The highest BCUT2D eigenvalue weighted by Gasteiger charge is 2.18. The molecule has 2 aromatic rings. The lowest BCUT2D eigenvalue weighted by Gasteiger charge is -2.14. The first-order valence-electron chi connectivity index (χ1n) is 5.96. The van der Waals surface area contributed by atoms with E-state index in [4.69, 9.17) is 4.74 Å². The van der Waals surface area contributed by atoms with E-state index >= 15 is 0 Å². The van der Waals surface area contributed by atoms with Gasteiger partial charge < -0.3 is 9.30 Å². The number of carbonyl (C=O) groups excluding carboxylic acids is 1. The van der Waals surface area contributed by atoms with Crippen molar-refractivity contribution in [3.63, 3.8) is 0 Å². The van der Waals surface area contributed by atoms with Crippen molar-refractivity contribution in [1.29, 1.82) is 0 Å². The molecule has 1 heterocycles. The first kappa shape index (κ1) is 13.8. The number of halogens is 1. The van der Waals surface area contributed by atoms with Gasteiger partial charge in [0.1, 0.15) is 11.9 Å². The highest BCUT2D eigenvalue weighted by molar-refractivity contribution is 9.10. The summed E-state index contributed by atoms with van der Waals surface area (Å²) in [5.41, 5.74) is 1.14. The predicted octanol–water partition coefficient (Wildman–Crippen LogP) is 2.97. The zero-order chi connectivity index (χ0) is 13.8. The lowest BCUT2D eigenvalue weighted by molar-refractivity contribution is -0.144. The standard InChI is InChI=1S/C14H15BrN2O2/c1-10(14(18)19-2)17-7-6-16-13(17)9-11-4-3-5-12(15)8-11/h3-8,10H,9H2,1-2H3. The van der Waals surface area contributed by atoms with Crippen LogP contribution in [0.25, 0.3) is 0 Å². The van der Waals surface area contributed by atoms with Crippen molar-refractivity contribution >= 4 is 21.9 Å². The number of nitrogens with zero attached hydrogens (tertiary/aromatic N) is 2. The van der Waals surface area contributed by atoms with E-state index in [1.807, 2.05) is 28.8 Å². The van der Waals surface area contributed by atoms with E-state index in [-0.39, 0.29) is 12.0 Å². The van der Waals surface area contributed by atoms with Crippen molar-refractivity contribution in [1.82, 2.24) is 9.55 Å². The third-order valence-corrected chi connectivity index (χ3v) is 3.45. The monoisotopic (exact) mass is 322 g/mol. The molecule has 19 heavy (non-hydrogen) atoms. The third-order valence-electron chi connectivity index (χ3n) is 2.96. The van der Waals surface area contributed by atoms with Gasteiger partial charge >= 0.3 is 5.97 Å². The second-order valence-corrected chi connectivity index (χ2v) is 5.17. The number of aromatic nitrogens is 2. The molecule has 0 bridgehead atoms. The number of carbonyl (C=O) groups is 1. The van der Waals surface area contributed by atoms with E-state index in [1.54, 1.807) is 19.3 Å². The van der Waals surface area contributed by atoms with Gasteiger partial charge in [0.05, 0.1) is 7.11 Å². The van der Waals surface area contributed by atoms with Crippen LogP contribution in [0.1, 0.15) is 24.4 Å². The maximum atomic E-state index is 11.6. The zero-order valence-corrected chi connectivity index (χ0v) is 12.4. The van der Waals surface area contributed by atoms with Crippen LogP contribution in [0.15, 0.2) is 41.1 Å². The Labute approximate surface area is 120 Å². The summed E-state index contributed by atoms with van der Waals surface area (Å²) >= 11 is 3.45. The van der Waals surface area contributed by atoms with Crippen molar-refractivity contribution in [3.05, 3.63) is 52.5 Å². The van der Waals surface area contributed by atoms with E-state index in [9.17, 15) is 4.79 Å². The van der Waals surface area contributed by atoms with Crippen LogP contribution in [0.2, 0.25) is 0 Å². The SMILES string of the molecule is COC(=O)C(C)n1ccnc1Cc1cccc(Br)c1. The number of hydrogen-bond donors (Lipinski definition) is 0. The van der Waals surface area contributed by atoms with Gasteiger partial charge in [-0.3, -0.25) is 0 Å². The summed E-state index contributed by atoms with van der Waals surface area (Å²) in [5, 5.41) is 0. The molecule has 0 N–H and O–H groups in total. The summed E-state index contributed by atoms with van der Waals surface area (Å²) < 4.78 is 7.64. The molecule has 1 unspecified atom stereocenters. The van der Waals surface area contributed by atoms with Gasteiger partial charge in [-0.05, 0) is 24.6 Å². The summed E-state index contributed by atoms with van der Waals surface area (Å²) in [6.45, 7) is 1.80. The van der Waals surface area contributed by atoms with Gasteiger partial charge in [-0.1, -0.05) is 28.1 Å². The Kier molecular flexibility index (Phi) is 4.37. The molecular weight excluding hydrogens is 308 g/mol. The quantitative estimate of drug-likeness (QED) is 0.813. The summed E-state index contributed by atoms with van der Waals surface area (Å²) in [6, 6.07) is 7.67. The molecule has 1 aromatic heterocycles. The molecule has 0 aliphatic carbocycles. The number of hydrogen-bond acceptors (Lipinski definition) is 3. The Hall–Kier alpha value is -1.62. The Morgan fingerprint density at radius 2 is 2.32 bits per heavy atom. The minimum absolute atomic E-state index is 0.270. The number of esters is 1. The van der Waals surface area contributed by atoms with Gasteiger partial charge in [0.25, 0.3) is 0 Å². The third kappa shape index (κ3) is 3.23. The fraction of sp³-hybridized carbons (Fsp3) is 0.286. The van der Waals surface area contributed by atoms with Gasteiger partial charge in [0, 0.05) is 23.3 Å². The first-order valence-corrected chi connectivity index (χ1v) is 6.75. The summed E-state index contributed by atoms with van der Waals surface area (Å²) in [5.74, 6) is 0.574. The Balaban J connectivity index is 2.23. The summed E-state index contributed by atoms with van der Waals surface area (Å²) in [6.07, 6.45) is 4.18. The molecule has 1 atom stereocenters. The largest absolute Gasteiger partial charge is 0.467 e. The van der Waals surface area contributed by atoms with E-state index in [2.05, 4.69) is 20.9 Å². The molecule has 4 nitrogen and oxygen atoms in total. The van der Waals surface area contributed by atoms with Crippen LogP contribution in [0.3, 0.4) is 0 Å². The molecule has 2 rings (SSSR count). The van der Waals surface area contributed by atoms with Crippen molar-refractivity contribution in [2.75, 3.05) is 7.11 Å². The van der Waals surface area contributed by atoms with Gasteiger partial charge in [-0.2, -0.15) is 0 Å². The van der Waals surface area contributed by atoms with Gasteiger partial charge in [0.15, 0.2) is 0 Å². The second-order valence-electron chi connectivity index (χ2n) is 4.26. The molecule has 0 aliphatic heterocycles. The van der Waals surface area contributed by atoms with Gasteiger partial charge in [-0.15, -0.1) is 0 Å². The molecule has 0 spiro atoms. The summed E-state index contributed by atoms with van der Waals surface area (Å²) in [4.78, 5) is 15.9. The van der Waals surface area contributed by atoms with Crippen LogP contribution in [0, 0.1) is 0 Å². The van der Waals surface area contributed by atoms with Crippen LogP contribution in [-0.2, 0) is 16.0 Å².